The van der Waals surface area contributed by atoms with Crippen LogP contribution in [0, 0.1) is 5.92 Å². The van der Waals surface area contributed by atoms with E-state index in [0.717, 1.165) is 37.8 Å². The second kappa shape index (κ2) is 4.83. The summed E-state index contributed by atoms with van der Waals surface area (Å²) in [6.45, 7) is 7.57. The first kappa shape index (κ1) is 13.0. The monoisotopic (exact) mass is 264 g/mol. The summed E-state index contributed by atoms with van der Waals surface area (Å²) < 4.78 is 0. The molecule has 2 atom stereocenters. The molecular weight excluding hydrogens is 240 g/mol. The van der Waals surface area contributed by atoms with Crippen molar-refractivity contribution in [2.45, 2.75) is 51.2 Å². The van der Waals surface area contributed by atoms with Crippen molar-refractivity contribution >= 4 is 0 Å². The van der Waals surface area contributed by atoms with E-state index in [1.807, 2.05) is 7.05 Å². The van der Waals surface area contributed by atoms with Crippen LogP contribution in [0.15, 0.2) is 0 Å². The van der Waals surface area contributed by atoms with Crippen molar-refractivity contribution < 1.29 is 0 Å². The number of hydrogen-bond donors (Lipinski definition) is 1. The minimum Gasteiger partial charge on any atom is -0.311 e. The van der Waals surface area contributed by atoms with E-state index in [1.165, 1.54) is 12.8 Å². The Morgan fingerprint density at radius 2 is 2.21 bits per heavy atom. The highest BCUT2D eigenvalue weighted by Gasteiger charge is 2.42. The van der Waals surface area contributed by atoms with Crippen molar-refractivity contribution in [2.24, 2.45) is 13.0 Å². The predicted molar refractivity (Wildman–Crippen MR) is 72.4 cm³/mol. The lowest BCUT2D eigenvalue weighted by molar-refractivity contribution is 0.0347. The topological polar surface area (TPSA) is 58.9 Å². The van der Waals surface area contributed by atoms with Crippen molar-refractivity contribution in [3.63, 3.8) is 0 Å². The van der Waals surface area contributed by atoms with Crippen molar-refractivity contribution in [1.82, 2.24) is 30.4 Å². The van der Waals surface area contributed by atoms with E-state index in [4.69, 9.17) is 0 Å². The predicted octanol–water partition coefficient (Wildman–Crippen LogP) is 0.563. The van der Waals surface area contributed by atoms with Crippen LogP contribution in [0.2, 0.25) is 0 Å². The molecule has 0 spiro atoms. The number of piperazine rings is 1. The Balaban J connectivity index is 1.72. The maximum atomic E-state index is 4.32. The molecule has 1 aromatic heterocycles. The van der Waals surface area contributed by atoms with Gasteiger partial charge >= 0.3 is 0 Å². The molecule has 2 aliphatic rings. The Hall–Kier alpha value is -1.01. The number of nitrogens with zero attached hydrogens (tertiary/aromatic N) is 5. The van der Waals surface area contributed by atoms with Gasteiger partial charge in [-0.1, -0.05) is 6.92 Å². The Kier molecular flexibility index (Phi) is 3.30. The van der Waals surface area contributed by atoms with Crippen molar-refractivity contribution in [3.8, 4) is 0 Å². The van der Waals surface area contributed by atoms with Gasteiger partial charge < -0.3 is 5.32 Å². The van der Waals surface area contributed by atoms with Crippen LogP contribution in [0.3, 0.4) is 0 Å². The first-order chi connectivity index (χ1) is 9.10. The number of aromatic nitrogens is 4. The number of aryl methyl sites for hydroxylation is 1. The van der Waals surface area contributed by atoms with Gasteiger partial charge in [-0.05, 0) is 37.3 Å². The molecule has 6 nitrogen and oxygen atoms in total. The molecular formula is C13H24N6. The fourth-order valence-electron chi connectivity index (χ4n) is 2.96. The van der Waals surface area contributed by atoms with E-state index >= 15 is 0 Å². The van der Waals surface area contributed by atoms with Gasteiger partial charge in [0.2, 0.25) is 0 Å². The highest BCUT2D eigenvalue weighted by Crippen LogP contribution is 2.36. The van der Waals surface area contributed by atoms with Gasteiger partial charge in [-0.2, -0.15) is 4.80 Å². The number of rotatable bonds is 4. The second-order valence-electron chi connectivity index (χ2n) is 6.25. The summed E-state index contributed by atoms with van der Waals surface area (Å²) in [6.07, 6.45) is 3.91. The standard InChI is InChI=1S/C13H24N6/c1-4-13(2)9-14-11(10-5-6-10)7-19(13)8-12-15-17-18(3)16-12/h10-11,14H,4-9H2,1-3H3. The molecule has 1 saturated carbocycles. The summed E-state index contributed by atoms with van der Waals surface area (Å²) in [7, 11) is 1.82. The largest absolute Gasteiger partial charge is 0.311 e. The van der Waals surface area contributed by atoms with Gasteiger partial charge in [0.15, 0.2) is 5.82 Å². The smallest absolute Gasteiger partial charge is 0.188 e. The molecule has 1 aliphatic heterocycles. The molecule has 106 valence electrons. The average molecular weight is 264 g/mol. The van der Waals surface area contributed by atoms with Crippen LogP contribution in [0.25, 0.3) is 0 Å². The third kappa shape index (κ3) is 2.65. The van der Waals surface area contributed by atoms with Gasteiger partial charge in [0.25, 0.3) is 0 Å². The van der Waals surface area contributed by atoms with E-state index in [1.54, 1.807) is 4.80 Å². The highest BCUT2D eigenvalue weighted by atomic mass is 15.6. The molecule has 3 rings (SSSR count). The molecule has 6 heteroatoms. The Morgan fingerprint density at radius 1 is 1.42 bits per heavy atom. The fourth-order valence-corrected chi connectivity index (χ4v) is 2.96. The highest BCUT2D eigenvalue weighted by molar-refractivity contribution is 5.00. The van der Waals surface area contributed by atoms with Crippen LogP contribution in [0.5, 0.6) is 0 Å². The van der Waals surface area contributed by atoms with Gasteiger partial charge in [-0.15, -0.1) is 10.2 Å². The first-order valence-electron chi connectivity index (χ1n) is 7.32. The number of tetrazole rings is 1. The van der Waals surface area contributed by atoms with E-state index < -0.39 is 0 Å². The summed E-state index contributed by atoms with van der Waals surface area (Å²) in [4.78, 5) is 4.09. The maximum Gasteiger partial charge on any atom is 0.188 e. The normalized spacial score (nSPS) is 32.7. The van der Waals surface area contributed by atoms with Gasteiger partial charge in [-0.3, -0.25) is 4.90 Å². The molecule has 1 N–H and O–H groups in total. The van der Waals surface area contributed by atoms with Crippen LogP contribution in [0.4, 0.5) is 0 Å². The van der Waals surface area contributed by atoms with Crippen LogP contribution < -0.4 is 5.32 Å². The Morgan fingerprint density at radius 3 is 2.79 bits per heavy atom. The fraction of sp³-hybridized carbons (Fsp3) is 0.923. The molecule has 1 aromatic rings. The van der Waals surface area contributed by atoms with Crippen molar-refractivity contribution in [1.29, 1.82) is 0 Å². The lowest BCUT2D eigenvalue weighted by Crippen LogP contribution is -2.63. The molecule has 2 unspecified atom stereocenters. The molecule has 0 radical (unpaired) electrons. The van der Waals surface area contributed by atoms with Gasteiger partial charge in [0.05, 0.1) is 13.6 Å². The summed E-state index contributed by atoms with van der Waals surface area (Å²) in [5.41, 5.74) is 0.199. The lowest BCUT2D eigenvalue weighted by atomic mass is 9.91. The maximum absolute atomic E-state index is 4.32. The quantitative estimate of drug-likeness (QED) is 0.861. The molecule has 0 aromatic carbocycles. The van der Waals surface area contributed by atoms with Crippen molar-refractivity contribution in [3.05, 3.63) is 5.82 Å². The summed E-state index contributed by atoms with van der Waals surface area (Å²) in [6, 6.07) is 0.649. The van der Waals surface area contributed by atoms with E-state index in [2.05, 4.69) is 39.5 Å². The number of hydrogen-bond acceptors (Lipinski definition) is 5. The van der Waals surface area contributed by atoms with Crippen LogP contribution in [-0.2, 0) is 13.6 Å². The van der Waals surface area contributed by atoms with E-state index in [0.29, 0.717) is 6.04 Å². The molecule has 0 amide bonds. The minimum atomic E-state index is 0.199. The first-order valence-corrected chi connectivity index (χ1v) is 7.32. The van der Waals surface area contributed by atoms with Gasteiger partial charge in [-0.25, -0.2) is 0 Å². The van der Waals surface area contributed by atoms with Crippen LogP contribution >= 0.6 is 0 Å². The molecule has 1 aliphatic carbocycles. The zero-order chi connectivity index (χ0) is 13.5. The van der Waals surface area contributed by atoms with E-state index in [9.17, 15) is 0 Å². The van der Waals surface area contributed by atoms with Crippen LogP contribution in [0.1, 0.15) is 38.9 Å². The second-order valence-corrected chi connectivity index (χ2v) is 6.25. The van der Waals surface area contributed by atoms with Gasteiger partial charge in [0, 0.05) is 24.7 Å². The summed E-state index contributed by atoms with van der Waals surface area (Å²) in [5, 5.41) is 16.1. The molecule has 2 fully saturated rings. The average Bonchev–Trinajstić information content (AvgIpc) is 3.16. The van der Waals surface area contributed by atoms with Crippen LogP contribution in [-0.4, -0.2) is 49.8 Å². The van der Waals surface area contributed by atoms with Crippen molar-refractivity contribution in [2.75, 3.05) is 13.1 Å². The Labute approximate surface area is 114 Å². The summed E-state index contributed by atoms with van der Waals surface area (Å²) in [5.74, 6) is 1.72. The molecule has 19 heavy (non-hydrogen) atoms. The molecule has 1 saturated heterocycles. The van der Waals surface area contributed by atoms with E-state index in [-0.39, 0.29) is 5.54 Å². The SMILES string of the molecule is CCC1(C)CNC(C2CC2)CN1Cc1nnn(C)n1. The Bertz CT molecular complexity index is 440. The van der Waals surface area contributed by atoms with Gasteiger partial charge in [0.1, 0.15) is 0 Å². The number of nitrogens with one attached hydrogen (secondary N) is 1. The zero-order valence-electron chi connectivity index (χ0n) is 12.1. The third-order valence-corrected chi connectivity index (χ3v) is 4.76. The zero-order valence-corrected chi connectivity index (χ0v) is 12.1. The summed E-state index contributed by atoms with van der Waals surface area (Å²) >= 11 is 0. The molecule has 0 bridgehead atoms. The lowest BCUT2D eigenvalue weighted by Gasteiger charge is -2.47. The molecule has 2 heterocycles. The minimum absolute atomic E-state index is 0.199. The third-order valence-electron chi connectivity index (χ3n) is 4.76.